The predicted molar refractivity (Wildman–Crippen MR) is 86.2 cm³/mol. The maximum atomic E-state index is 13.2. The van der Waals surface area contributed by atoms with Crippen LogP contribution in [0.3, 0.4) is 0 Å². The minimum absolute atomic E-state index is 0.409. The van der Waals surface area contributed by atoms with Gasteiger partial charge in [0.2, 0.25) is 0 Å². The van der Waals surface area contributed by atoms with Gasteiger partial charge >= 0.3 is 6.18 Å². The quantitative estimate of drug-likeness (QED) is 0.621. The molecule has 128 valence electrons. The van der Waals surface area contributed by atoms with Crippen molar-refractivity contribution in [1.82, 2.24) is 4.57 Å². The molecule has 5 heteroatoms. The highest BCUT2D eigenvalue weighted by atomic mass is 19.4. The van der Waals surface area contributed by atoms with Gasteiger partial charge in [-0.25, -0.2) is 0 Å². The maximum absolute atomic E-state index is 13.2. The zero-order valence-corrected chi connectivity index (χ0v) is 14.4. The van der Waals surface area contributed by atoms with E-state index in [1.54, 1.807) is 6.20 Å². The van der Waals surface area contributed by atoms with E-state index in [0.717, 1.165) is 25.9 Å². The van der Waals surface area contributed by atoms with Crippen molar-refractivity contribution >= 4 is 5.69 Å². The Morgan fingerprint density at radius 3 is 2.05 bits per heavy atom. The molecule has 1 aromatic heterocycles. The molecule has 0 radical (unpaired) electrons. The van der Waals surface area contributed by atoms with E-state index in [4.69, 9.17) is 0 Å². The molecule has 2 nitrogen and oxygen atoms in total. The summed E-state index contributed by atoms with van der Waals surface area (Å²) in [6.07, 6.45) is -0.991. The summed E-state index contributed by atoms with van der Waals surface area (Å²) in [5, 5.41) is 0. The van der Waals surface area contributed by atoms with Gasteiger partial charge in [0.1, 0.15) is 5.69 Å². The molecule has 0 aliphatic heterocycles. The molecule has 0 aromatic carbocycles. The average molecular weight is 318 g/mol. The molecular weight excluding hydrogens is 289 g/mol. The first-order chi connectivity index (χ1) is 10.1. The molecule has 0 amide bonds. The standard InChI is InChI=1S/C17H29F3N2/c1-6-7-8-21-12-15(9-16(21)17(18,19)20)22(10-13(2)3)11-14(4)5/h9,12-14H,6-8,10-11H2,1-5H3. The second kappa shape index (κ2) is 7.93. The molecular formula is C17H29F3N2. The summed E-state index contributed by atoms with van der Waals surface area (Å²) in [6, 6.07) is 1.31. The van der Waals surface area contributed by atoms with Crippen molar-refractivity contribution in [3.8, 4) is 0 Å². The monoisotopic (exact) mass is 318 g/mol. The second-order valence-electron chi connectivity index (χ2n) is 6.82. The second-order valence-corrected chi connectivity index (χ2v) is 6.82. The Balaban J connectivity index is 3.12. The summed E-state index contributed by atoms with van der Waals surface area (Å²) < 4.78 is 41.1. The zero-order valence-electron chi connectivity index (χ0n) is 14.4. The molecule has 1 rings (SSSR count). The lowest BCUT2D eigenvalue weighted by Gasteiger charge is -2.27. The summed E-state index contributed by atoms with van der Waals surface area (Å²) in [7, 11) is 0. The van der Waals surface area contributed by atoms with E-state index in [0.29, 0.717) is 24.1 Å². The van der Waals surface area contributed by atoms with Crippen LogP contribution in [0.2, 0.25) is 0 Å². The summed E-state index contributed by atoms with van der Waals surface area (Å²) in [5.74, 6) is 0.819. The molecule has 1 aromatic rings. The van der Waals surface area contributed by atoms with E-state index in [2.05, 4.69) is 32.6 Å². The van der Waals surface area contributed by atoms with Crippen LogP contribution in [0.4, 0.5) is 18.9 Å². The van der Waals surface area contributed by atoms with Crippen molar-refractivity contribution in [3.05, 3.63) is 18.0 Å². The molecule has 0 spiro atoms. The van der Waals surface area contributed by atoms with Crippen molar-refractivity contribution in [2.75, 3.05) is 18.0 Å². The van der Waals surface area contributed by atoms with Crippen molar-refractivity contribution in [3.63, 3.8) is 0 Å². The fourth-order valence-electron chi connectivity index (χ4n) is 2.59. The number of unbranched alkanes of at least 4 members (excludes halogenated alkanes) is 1. The number of hydrogen-bond acceptors (Lipinski definition) is 1. The smallest absolute Gasteiger partial charge is 0.370 e. The number of aryl methyl sites for hydroxylation is 1. The van der Waals surface area contributed by atoms with Gasteiger partial charge in [-0.3, -0.25) is 0 Å². The van der Waals surface area contributed by atoms with E-state index in [1.807, 2.05) is 6.92 Å². The number of nitrogens with zero attached hydrogens (tertiary/aromatic N) is 2. The summed E-state index contributed by atoms with van der Waals surface area (Å²) in [5.41, 5.74) is 0.152. The third kappa shape index (κ3) is 5.58. The van der Waals surface area contributed by atoms with Crippen LogP contribution < -0.4 is 4.90 Å². The van der Waals surface area contributed by atoms with Gasteiger partial charge in [-0.2, -0.15) is 13.2 Å². The first-order valence-electron chi connectivity index (χ1n) is 8.17. The Hall–Kier alpha value is -1.13. The zero-order chi connectivity index (χ0) is 16.9. The maximum Gasteiger partial charge on any atom is 0.431 e. The Bertz CT molecular complexity index is 437. The fourth-order valence-corrected chi connectivity index (χ4v) is 2.59. The van der Waals surface area contributed by atoms with Crippen LogP contribution in [0, 0.1) is 11.8 Å². The van der Waals surface area contributed by atoms with E-state index in [1.165, 1.54) is 10.6 Å². The van der Waals surface area contributed by atoms with Crippen LogP contribution in [-0.2, 0) is 12.7 Å². The highest BCUT2D eigenvalue weighted by molar-refractivity contribution is 5.48. The topological polar surface area (TPSA) is 8.17 Å². The van der Waals surface area contributed by atoms with Crippen LogP contribution in [0.5, 0.6) is 0 Å². The van der Waals surface area contributed by atoms with Gasteiger partial charge in [-0.15, -0.1) is 0 Å². The first-order valence-corrected chi connectivity index (χ1v) is 8.17. The van der Waals surface area contributed by atoms with E-state index in [9.17, 15) is 13.2 Å². The normalized spacial score (nSPS) is 12.5. The number of anilines is 1. The SMILES string of the molecule is CCCCn1cc(N(CC(C)C)CC(C)C)cc1C(F)(F)F. The van der Waals surface area contributed by atoms with Crippen LogP contribution in [-0.4, -0.2) is 17.7 Å². The fraction of sp³-hybridized carbons (Fsp3) is 0.765. The van der Waals surface area contributed by atoms with Gasteiger partial charge < -0.3 is 9.47 Å². The number of alkyl halides is 3. The molecule has 0 bridgehead atoms. The third-order valence-electron chi connectivity index (χ3n) is 3.46. The van der Waals surface area contributed by atoms with Gasteiger partial charge in [0.05, 0.1) is 5.69 Å². The number of halogens is 3. The molecule has 0 saturated carbocycles. The van der Waals surface area contributed by atoms with Crippen LogP contribution >= 0.6 is 0 Å². The van der Waals surface area contributed by atoms with Crippen molar-refractivity contribution < 1.29 is 13.2 Å². The van der Waals surface area contributed by atoms with Gasteiger partial charge in [0.15, 0.2) is 0 Å². The van der Waals surface area contributed by atoms with Crippen LogP contribution in [0.15, 0.2) is 12.3 Å². The molecule has 0 saturated heterocycles. The minimum Gasteiger partial charge on any atom is -0.370 e. The van der Waals surface area contributed by atoms with Crippen LogP contribution in [0.25, 0.3) is 0 Å². The van der Waals surface area contributed by atoms with Gasteiger partial charge in [0.25, 0.3) is 0 Å². The summed E-state index contributed by atoms with van der Waals surface area (Å²) in [6.45, 7) is 12.3. The molecule has 22 heavy (non-hydrogen) atoms. The van der Waals surface area contributed by atoms with E-state index < -0.39 is 11.9 Å². The van der Waals surface area contributed by atoms with Crippen molar-refractivity contribution in [2.45, 2.75) is 60.2 Å². The Labute approximate surface area is 132 Å². The van der Waals surface area contributed by atoms with E-state index >= 15 is 0 Å². The number of rotatable bonds is 8. The van der Waals surface area contributed by atoms with Gasteiger partial charge in [0, 0.05) is 25.8 Å². The summed E-state index contributed by atoms with van der Waals surface area (Å²) in [4.78, 5) is 2.08. The Kier molecular flexibility index (Phi) is 6.82. The van der Waals surface area contributed by atoms with Gasteiger partial charge in [-0.05, 0) is 24.3 Å². The summed E-state index contributed by atoms with van der Waals surface area (Å²) >= 11 is 0. The van der Waals surface area contributed by atoms with Crippen molar-refractivity contribution in [1.29, 1.82) is 0 Å². The van der Waals surface area contributed by atoms with Crippen LogP contribution in [0.1, 0.15) is 53.2 Å². The Morgan fingerprint density at radius 1 is 1.09 bits per heavy atom. The lowest BCUT2D eigenvalue weighted by atomic mass is 10.1. The molecule has 0 unspecified atom stereocenters. The minimum atomic E-state index is -4.30. The third-order valence-corrected chi connectivity index (χ3v) is 3.46. The molecule has 0 N–H and O–H groups in total. The van der Waals surface area contributed by atoms with Gasteiger partial charge in [-0.1, -0.05) is 41.0 Å². The molecule has 1 heterocycles. The molecule has 0 aliphatic carbocycles. The Morgan fingerprint density at radius 2 is 1.64 bits per heavy atom. The lowest BCUT2D eigenvalue weighted by molar-refractivity contribution is -0.143. The average Bonchev–Trinajstić information content (AvgIpc) is 2.78. The van der Waals surface area contributed by atoms with E-state index in [-0.39, 0.29) is 0 Å². The molecule has 0 fully saturated rings. The number of aromatic nitrogens is 1. The lowest BCUT2D eigenvalue weighted by Crippen LogP contribution is -2.31. The highest BCUT2D eigenvalue weighted by Crippen LogP contribution is 2.34. The molecule has 0 aliphatic rings. The number of hydrogen-bond donors (Lipinski definition) is 0. The first kappa shape index (κ1) is 18.9. The highest BCUT2D eigenvalue weighted by Gasteiger charge is 2.35. The van der Waals surface area contributed by atoms with Crippen molar-refractivity contribution in [2.24, 2.45) is 11.8 Å². The largest absolute Gasteiger partial charge is 0.431 e. The molecule has 0 atom stereocenters. The predicted octanol–water partition coefficient (Wildman–Crippen LogP) is 5.43.